The van der Waals surface area contributed by atoms with Crippen molar-refractivity contribution in [2.24, 2.45) is 0 Å². The molecule has 0 aliphatic heterocycles. The maximum Gasteiger partial charge on any atom is 0.264 e. The third-order valence-corrected chi connectivity index (χ3v) is 7.03. The lowest BCUT2D eigenvalue weighted by Crippen LogP contribution is -2.41. The summed E-state index contributed by atoms with van der Waals surface area (Å²) in [5.41, 5.74) is 1.10. The summed E-state index contributed by atoms with van der Waals surface area (Å²) < 4.78 is 43.8. The zero-order valence-electron chi connectivity index (χ0n) is 19.5. The van der Waals surface area contributed by atoms with Crippen molar-refractivity contribution in [3.63, 3.8) is 0 Å². The average molecular weight is 485 g/mol. The fourth-order valence-electron chi connectivity index (χ4n) is 3.42. The molecule has 0 saturated heterocycles. The third-order valence-electron chi connectivity index (χ3n) is 5.24. The predicted molar refractivity (Wildman–Crippen MR) is 130 cm³/mol. The molecule has 0 heterocycles. The molecule has 0 radical (unpaired) electrons. The highest BCUT2D eigenvalue weighted by molar-refractivity contribution is 7.92. The molecule has 1 atom stereocenters. The Labute approximate surface area is 200 Å². The van der Waals surface area contributed by atoms with Crippen LogP contribution >= 0.6 is 0 Å². The van der Waals surface area contributed by atoms with Crippen LogP contribution in [0.4, 0.5) is 5.69 Å². The Bertz CT molecular complexity index is 1230. The summed E-state index contributed by atoms with van der Waals surface area (Å²) >= 11 is 0. The van der Waals surface area contributed by atoms with Crippen molar-refractivity contribution in [2.45, 2.75) is 17.9 Å². The molecule has 3 rings (SSSR count). The molecule has 1 amide bonds. The number of hydrogen-bond donors (Lipinski definition) is 1. The molecular formula is C25H28N2O6S. The van der Waals surface area contributed by atoms with Gasteiger partial charge in [0.25, 0.3) is 10.0 Å². The Hall–Kier alpha value is -3.72. The van der Waals surface area contributed by atoms with Crippen LogP contribution < -0.4 is 23.8 Å². The summed E-state index contributed by atoms with van der Waals surface area (Å²) in [6.07, 6.45) is 0. The van der Waals surface area contributed by atoms with E-state index < -0.39 is 28.5 Å². The summed E-state index contributed by atoms with van der Waals surface area (Å²) in [5.74, 6) is 1.11. The van der Waals surface area contributed by atoms with E-state index in [9.17, 15) is 13.2 Å². The summed E-state index contributed by atoms with van der Waals surface area (Å²) in [5, 5.41) is 2.86. The summed E-state index contributed by atoms with van der Waals surface area (Å²) in [4.78, 5) is 13.1. The smallest absolute Gasteiger partial charge is 0.264 e. The van der Waals surface area contributed by atoms with Gasteiger partial charge in [0.15, 0.2) is 11.5 Å². The Kier molecular flexibility index (Phi) is 8.01. The summed E-state index contributed by atoms with van der Waals surface area (Å²) in [7, 11) is 0.557. The maximum absolute atomic E-state index is 13.5. The number of anilines is 1. The van der Waals surface area contributed by atoms with Gasteiger partial charge >= 0.3 is 0 Å². The van der Waals surface area contributed by atoms with Crippen molar-refractivity contribution < 1.29 is 27.4 Å². The number of carbonyl (C=O) groups excluding carboxylic acids is 1. The minimum absolute atomic E-state index is 0.0820. The molecule has 0 saturated carbocycles. The molecule has 34 heavy (non-hydrogen) atoms. The monoisotopic (exact) mass is 484 g/mol. The first-order chi connectivity index (χ1) is 16.3. The Morgan fingerprint density at radius 3 is 2.24 bits per heavy atom. The lowest BCUT2D eigenvalue weighted by atomic mass is 10.1. The van der Waals surface area contributed by atoms with Gasteiger partial charge in [-0.2, -0.15) is 0 Å². The molecule has 1 N–H and O–H groups in total. The fraction of sp³-hybridized carbons (Fsp3) is 0.240. The number of sulfonamides is 1. The maximum atomic E-state index is 13.5. The van der Waals surface area contributed by atoms with Crippen LogP contribution in [0.2, 0.25) is 0 Å². The molecule has 0 aliphatic rings. The van der Waals surface area contributed by atoms with Crippen molar-refractivity contribution in [2.75, 3.05) is 32.2 Å². The van der Waals surface area contributed by atoms with Gasteiger partial charge in [-0.3, -0.25) is 9.10 Å². The van der Waals surface area contributed by atoms with Crippen LogP contribution in [0, 0.1) is 0 Å². The molecule has 3 aromatic rings. The first-order valence-corrected chi connectivity index (χ1v) is 12.0. The van der Waals surface area contributed by atoms with Gasteiger partial charge in [0.2, 0.25) is 5.91 Å². The van der Waals surface area contributed by atoms with Gasteiger partial charge < -0.3 is 19.5 Å². The quantitative estimate of drug-likeness (QED) is 0.471. The molecule has 8 nitrogen and oxygen atoms in total. The van der Waals surface area contributed by atoms with E-state index in [0.717, 1.165) is 9.87 Å². The highest BCUT2D eigenvalue weighted by atomic mass is 32.2. The zero-order chi connectivity index (χ0) is 24.7. The number of rotatable bonds is 10. The molecule has 0 spiro atoms. The van der Waals surface area contributed by atoms with Crippen LogP contribution in [0.3, 0.4) is 0 Å². The second-order valence-electron chi connectivity index (χ2n) is 7.43. The summed E-state index contributed by atoms with van der Waals surface area (Å²) in [6, 6.07) is 19.5. The van der Waals surface area contributed by atoms with Gasteiger partial charge in [-0.05, 0) is 48.9 Å². The lowest BCUT2D eigenvalue weighted by Gasteiger charge is -2.25. The van der Waals surface area contributed by atoms with Crippen molar-refractivity contribution in [3.8, 4) is 17.2 Å². The van der Waals surface area contributed by atoms with Crippen LogP contribution in [0.15, 0.2) is 77.7 Å². The van der Waals surface area contributed by atoms with E-state index in [0.29, 0.717) is 22.9 Å². The average Bonchev–Trinajstić information content (AvgIpc) is 2.87. The van der Waals surface area contributed by atoms with E-state index in [-0.39, 0.29) is 4.90 Å². The van der Waals surface area contributed by atoms with Crippen molar-refractivity contribution >= 4 is 21.6 Å². The minimum Gasteiger partial charge on any atom is -0.497 e. The van der Waals surface area contributed by atoms with E-state index in [2.05, 4.69) is 5.32 Å². The number of nitrogens with zero attached hydrogens (tertiary/aromatic N) is 1. The number of hydrogen-bond acceptors (Lipinski definition) is 6. The van der Waals surface area contributed by atoms with E-state index in [4.69, 9.17) is 14.2 Å². The van der Waals surface area contributed by atoms with Gasteiger partial charge in [-0.25, -0.2) is 8.42 Å². The molecule has 0 unspecified atom stereocenters. The number of ether oxygens (including phenoxy) is 3. The first-order valence-electron chi connectivity index (χ1n) is 10.5. The Balaban J connectivity index is 1.88. The van der Waals surface area contributed by atoms with Gasteiger partial charge in [-0.15, -0.1) is 0 Å². The van der Waals surface area contributed by atoms with Crippen LogP contribution in [0.1, 0.15) is 18.5 Å². The molecule has 180 valence electrons. The van der Waals surface area contributed by atoms with Crippen molar-refractivity contribution in [3.05, 3.63) is 78.4 Å². The third kappa shape index (κ3) is 5.60. The largest absolute Gasteiger partial charge is 0.497 e. The molecule has 0 bridgehead atoms. The minimum atomic E-state index is -4.01. The number of nitrogens with one attached hydrogen (secondary N) is 1. The van der Waals surface area contributed by atoms with Crippen LogP contribution in [-0.4, -0.2) is 42.2 Å². The zero-order valence-corrected chi connectivity index (χ0v) is 20.3. The lowest BCUT2D eigenvalue weighted by molar-refractivity contribution is -0.120. The molecular weight excluding hydrogens is 456 g/mol. The Morgan fingerprint density at radius 1 is 0.882 bits per heavy atom. The normalized spacial score (nSPS) is 11.9. The Morgan fingerprint density at radius 2 is 1.59 bits per heavy atom. The second-order valence-corrected chi connectivity index (χ2v) is 9.29. The van der Waals surface area contributed by atoms with E-state index in [1.165, 1.54) is 26.4 Å². The van der Waals surface area contributed by atoms with Gasteiger partial charge in [0.1, 0.15) is 12.3 Å². The molecule has 3 aromatic carbocycles. The van der Waals surface area contributed by atoms with E-state index in [1.54, 1.807) is 68.6 Å². The number of benzene rings is 3. The number of amides is 1. The standard InChI is InChI=1S/C25H28N2O6S/c1-18(19-13-14-23(32-3)24(15-19)33-4)26-25(28)17-27(20-9-8-10-21(16-20)31-2)34(29,30)22-11-6-5-7-12-22/h5-16,18H,17H2,1-4H3,(H,26,28)/t18-/m1/s1. The van der Waals surface area contributed by atoms with Gasteiger partial charge in [0.05, 0.1) is 38.0 Å². The van der Waals surface area contributed by atoms with Crippen molar-refractivity contribution in [1.29, 1.82) is 0 Å². The van der Waals surface area contributed by atoms with Crippen molar-refractivity contribution in [1.82, 2.24) is 5.32 Å². The molecule has 0 aromatic heterocycles. The summed E-state index contributed by atoms with van der Waals surface area (Å²) in [6.45, 7) is 1.39. The first kappa shape index (κ1) is 24.9. The van der Waals surface area contributed by atoms with Crippen LogP contribution in [0.25, 0.3) is 0 Å². The topological polar surface area (TPSA) is 94.2 Å². The number of carbonyl (C=O) groups is 1. The highest BCUT2D eigenvalue weighted by Crippen LogP contribution is 2.30. The van der Waals surface area contributed by atoms with Crippen LogP contribution in [-0.2, 0) is 14.8 Å². The SMILES string of the molecule is COc1cccc(N(CC(=O)N[C@H](C)c2ccc(OC)c(OC)c2)S(=O)(=O)c2ccccc2)c1. The van der Waals surface area contributed by atoms with Gasteiger partial charge in [-0.1, -0.05) is 30.3 Å². The number of methoxy groups -OCH3 is 3. The molecule has 0 fully saturated rings. The second kappa shape index (κ2) is 10.9. The molecule has 0 aliphatic carbocycles. The van der Waals surface area contributed by atoms with E-state index in [1.807, 2.05) is 6.07 Å². The fourth-order valence-corrected chi connectivity index (χ4v) is 4.86. The van der Waals surface area contributed by atoms with E-state index >= 15 is 0 Å². The molecule has 9 heteroatoms. The highest BCUT2D eigenvalue weighted by Gasteiger charge is 2.28. The van der Waals surface area contributed by atoms with Gasteiger partial charge in [0, 0.05) is 6.07 Å². The van der Waals surface area contributed by atoms with Crippen LogP contribution in [0.5, 0.6) is 17.2 Å². The predicted octanol–water partition coefficient (Wildman–Crippen LogP) is 3.79.